The summed E-state index contributed by atoms with van der Waals surface area (Å²) in [6.07, 6.45) is 12.0. The zero-order valence-corrected chi connectivity index (χ0v) is 77.8. The van der Waals surface area contributed by atoms with E-state index in [0.29, 0.717) is 0 Å². The van der Waals surface area contributed by atoms with Crippen LogP contribution in [-0.2, 0) is 14.1 Å². The van der Waals surface area contributed by atoms with Gasteiger partial charge >= 0.3 is 0 Å². The Morgan fingerprint density at radius 3 is 0.871 bits per heavy atom. The first kappa shape index (κ1) is 84.9. The molecule has 14 heterocycles. The fraction of sp³-hybridized carbons (Fsp3) is 0.0159. The number of aromatic nitrogens is 5. The number of para-hydroxylation sites is 8. The first-order valence-electron chi connectivity index (χ1n) is 46.5. The van der Waals surface area contributed by atoms with Gasteiger partial charge < -0.3 is 49.2 Å². The Labute approximate surface area is 812 Å². The van der Waals surface area contributed by atoms with Crippen LogP contribution in [0.1, 0.15) is 0 Å². The second-order valence-electron chi connectivity index (χ2n) is 34.3. The first-order valence-corrected chi connectivity index (χ1v) is 48.1. The summed E-state index contributed by atoms with van der Waals surface area (Å²) in [7, 11) is 4.22. The van der Waals surface area contributed by atoms with E-state index >= 15 is 0 Å². The number of aryl methyl sites for hydroxylation is 2. The van der Waals surface area contributed by atoms with Crippen molar-refractivity contribution in [1.82, 2.24) is 22.8 Å². The van der Waals surface area contributed by atoms with Crippen molar-refractivity contribution in [2.24, 2.45) is 14.1 Å². The topological polar surface area (TPSA) is 117 Å². The molecule has 12 nitrogen and oxygen atoms in total. The maximum absolute atomic E-state index is 5.58. The number of hydrogen-bond acceptors (Lipinski definition) is 9. The van der Waals surface area contributed by atoms with Crippen LogP contribution in [0.15, 0.2) is 524 Å². The molecule has 0 unspecified atom stereocenters. The predicted octanol–water partition coefficient (Wildman–Crippen LogP) is 36.3. The van der Waals surface area contributed by atoms with Crippen LogP contribution in [0, 0.1) is 0 Å². The van der Waals surface area contributed by atoms with Crippen molar-refractivity contribution in [1.29, 1.82) is 0 Å². The molecule has 30 aromatic rings. The normalized spacial score (nSPS) is 11.4. The average Bonchev–Trinajstić information content (AvgIpc) is 1.63. The molecule has 0 aliphatic carbocycles. The van der Waals surface area contributed by atoms with Crippen molar-refractivity contribution in [2.45, 2.75) is 0 Å². The fourth-order valence-electron chi connectivity index (χ4n) is 19.6. The standard InChI is InChI=1S/2C22H15NO.2C17H13NO.C16H11NO.2C16H10OS/c1-2-7-17(8-3-1)23-20-10-5-4-9-18(20)19-15-16(12-13-21(19)23)22-11-6-14-24-22;1-2-7-17(8-3-1)23-20-10-5-4-9-18(20)19-13-12-16(15-21(19)23)22-11-6-14-24-22;1-18-15-6-3-2-5-13(15)14-11-12(8-9-16(14)18)17-7-4-10-19-17;1-18-15-6-3-2-5-13(15)14-9-8-12(11-16(14)18)17-7-4-10-19-17;1-3-8-14-12(6-1)13-7-2-4-9-15(13)17(14)16-10-5-11-18-16;1-2-6-15-12(4-1)13-10-11(7-8-16(13)18-15)14-5-3-9-17-14;1-2-6-15-12(4-1)13-8-7-11(10-16(13)18-15)14-5-3-9-17-14/h2*1-15H;2*2-11H,1H3;1-11H;2*1-10H. The summed E-state index contributed by atoms with van der Waals surface area (Å²) in [5.74, 6) is 6.31. The van der Waals surface area contributed by atoms with Crippen LogP contribution >= 0.6 is 22.7 Å². The highest BCUT2D eigenvalue weighted by atomic mass is 32.1. The summed E-state index contributed by atoms with van der Waals surface area (Å²) in [6.45, 7) is 0. The van der Waals surface area contributed by atoms with Crippen LogP contribution < -0.4 is 0 Å². The summed E-state index contributed by atoms with van der Waals surface area (Å²) in [6, 6.07) is 155. The molecule has 30 rings (SSSR count). The first-order chi connectivity index (χ1) is 69.3. The number of thiophene rings is 2. The second kappa shape index (κ2) is 37.3. The van der Waals surface area contributed by atoms with Crippen LogP contribution in [0.4, 0.5) is 0 Å². The van der Waals surface area contributed by atoms with Gasteiger partial charge in [-0.05, 0) is 224 Å². The summed E-state index contributed by atoms with van der Waals surface area (Å²) in [5.41, 5.74) is 21.2. The summed E-state index contributed by atoms with van der Waals surface area (Å²) >= 11 is 3.67. The number of rotatable bonds is 9. The van der Waals surface area contributed by atoms with Crippen LogP contribution in [0.25, 0.3) is 235 Å². The van der Waals surface area contributed by atoms with Gasteiger partial charge in [-0.1, -0.05) is 218 Å². The molecule has 0 atom stereocenters. The Hall–Kier alpha value is -18.1. The highest BCUT2D eigenvalue weighted by molar-refractivity contribution is 7.26. The monoisotopic (exact) mass is 1850 g/mol. The molecule has 0 bridgehead atoms. The quantitative estimate of drug-likeness (QED) is 0.141. The number of benzene rings is 16. The lowest BCUT2D eigenvalue weighted by Crippen LogP contribution is -1.93. The Balaban J connectivity index is 0.0000000889. The summed E-state index contributed by atoms with van der Waals surface area (Å²) in [4.78, 5) is 0. The Bertz CT molecular complexity index is 9510. The predicted molar refractivity (Wildman–Crippen MR) is 580 cm³/mol. The SMILES string of the molecule is Cn1c2ccccc2c2cc(-c3ccco3)ccc21.Cn1c2ccccc2c2ccc(-c3ccco3)cc21.c1ccc(-n2c3ccccc3c3cc(-c4ccco4)ccc32)cc1.c1ccc(-n2c3ccccc3c3ccc(-c4ccco4)cc32)cc1.c1coc(-c2ccc3c(c2)sc2ccccc23)c1.c1coc(-c2ccc3sc4ccccc4c3c2)c1.c1coc(-n2c3ccccc3c3ccccc32)c1. The van der Waals surface area contributed by atoms with Gasteiger partial charge in [0.2, 0.25) is 5.88 Å². The van der Waals surface area contributed by atoms with Crippen LogP contribution in [0.5, 0.6) is 0 Å². The number of hydrogen-bond donors (Lipinski definition) is 0. The minimum atomic E-state index is 0.854. The third-order valence-corrected chi connectivity index (χ3v) is 28.4. The molecule has 14 heteroatoms. The van der Waals surface area contributed by atoms with E-state index in [2.05, 4.69) is 389 Å². The zero-order valence-electron chi connectivity index (χ0n) is 76.2. The molecule has 0 spiro atoms. The molecule has 0 aliphatic rings. The van der Waals surface area contributed by atoms with Gasteiger partial charge in [-0.2, -0.15) is 0 Å². The van der Waals surface area contributed by atoms with E-state index in [1.165, 1.54) is 161 Å². The third-order valence-electron chi connectivity index (χ3n) is 26.1. The summed E-state index contributed by atoms with van der Waals surface area (Å²) < 4.78 is 55.1. The van der Waals surface area contributed by atoms with Gasteiger partial charge in [0.25, 0.3) is 0 Å². The minimum absolute atomic E-state index is 0.854. The Morgan fingerprint density at radius 2 is 0.421 bits per heavy atom. The highest BCUT2D eigenvalue weighted by Gasteiger charge is 2.20. The van der Waals surface area contributed by atoms with Gasteiger partial charge in [0.1, 0.15) is 34.6 Å². The molecule has 0 amide bonds. The smallest absolute Gasteiger partial charge is 0.204 e. The largest absolute Gasteiger partial charge is 0.464 e. The lowest BCUT2D eigenvalue weighted by atomic mass is 10.1. The third kappa shape index (κ3) is 16.1. The maximum atomic E-state index is 5.58. The van der Waals surface area contributed by atoms with Crippen LogP contribution in [-0.4, -0.2) is 22.8 Å². The van der Waals surface area contributed by atoms with E-state index in [1.54, 1.807) is 43.8 Å². The number of fused-ring (bicyclic) bond motifs is 21. The molecule has 140 heavy (non-hydrogen) atoms. The molecule has 16 aromatic carbocycles. The van der Waals surface area contributed by atoms with Crippen molar-refractivity contribution >= 4 is 172 Å². The molecular weight excluding hydrogens is 1760 g/mol. The van der Waals surface area contributed by atoms with Gasteiger partial charge in [-0.3, -0.25) is 4.57 Å². The lowest BCUT2D eigenvalue weighted by molar-refractivity contribution is 0.546. The maximum Gasteiger partial charge on any atom is 0.204 e. The van der Waals surface area contributed by atoms with E-state index in [9.17, 15) is 0 Å². The minimum Gasteiger partial charge on any atom is -0.464 e. The lowest BCUT2D eigenvalue weighted by Gasteiger charge is -2.08. The van der Waals surface area contributed by atoms with E-state index < -0.39 is 0 Å². The van der Waals surface area contributed by atoms with Crippen molar-refractivity contribution < 1.29 is 30.9 Å². The fourth-order valence-corrected chi connectivity index (χ4v) is 21.8. The van der Waals surface area contributed by atoms with Gasteiger partial charge in [-0.15, -0.1) is 22.7 Å². The molecule has 0 radical (unpaired) electrons. The molecule has 0 fully saturated rings. The molecule has 0 aliphatic heterocycles. The van der Waals surface area contributed by atoms with Gasteiger partial charge in [-0.25, -0.2) is 0 Å². The van der Waals surface area contributed by atoms with Crippen molar-refractivity contribution in [2.75, 3.05) is 0 Å². The molecule has 0 N–H and O–H groups in total. The summed E-state index contributed by atoms with van der Waals surface area (Å²) in [5, 5.41) is 18.0. The molecule has 0 saturated carbocycles. The van der Waals surface area contributed by atoms with Gasteiger partial charge in [0.15, 0.2) is 0 Å². The Kier molecular flexibility index (Phi) is 22.6. The molecule has 14 aromatic heterocycles. The zero-order chi connectivity index (χ0) is 93.4. The molecule has 0 saturated heterocycles. The van der Waals surface area contributed by atoms with Gasteiger partial charge in [0, 0.05) is 181 Å². The van der Waals surface area contributed by atoms with E-state index in [4.69, 9.17) is 30.9 Å². The van der Waals surface area contributed by atoms with E-state index in [1.807, 2.05) is 120 Å². The van der Waals surface area contributed by atoms with E-state index in [-0.39, 0.29) is 0 Å². The molecular formula is C126H87N5O7S2. The van der Waals surface area contributed by atoms with Crippen molar-refractivity contribution in [3.8, 4) is 85.2 Å². The average molecular weight is 1850 g/mol. The molecule has 670 valence electrons. The number of furan rings is 7. The van der Waals surface area contributed by atoms with Crippen molar-refractivity contribution in [3.63, 3.8) is 0 Å². The highest BCUT2D eigenvalue weighted by Crippen LogP contribution is 2.43. The second-order valence-corrected chi connectivity index (χ2v) is 36.4. The van der Waals surface area contributed by atoms with Crippen molar-refractivity contribution in [3.05, 3.63) is 493 Å². The number of nitrogens with zero attached hydrogens (tertiary/aromatic N) is 5. The Morgan fingerprint density at radius 1 is 0.157 bits per heavy atom. The van der Waals surface area contributed by atoms with E-state index in [0.717, 1.165) is 73.8 Å². The van der Waals surface area contributed by atoms with Crippen LogP contribution in [0.2, 0.25) is 0 Å². The van der Waals surface area contributed by atoms with Gasteiger partial charge in [0.05, 0.1) is 76.9 Å². The van der Waals surface area contributed by atoms with Crippen LogP contribution in [0.3, 0.4) is 0 Å².